The largest absolute Gasteiger partial charge is 0.450 e. The van der Waals surface area contributed by atoms with Gasteiger partial charge in [0.05, 0.1) is 6.61 Å². The Kier molecular flexibility index (Phi) is 4.79. The minimum atomic E-state index is -0.457. The van der Waals surface area contributed by atoms with Crippen molar-refractivity contribution in [3.63, 3.8) is 0 Å². The van der Waals surface area contributed by atoms with E-state index in [0.29, 0.717) is 38.7 Å². The van der Waals surface area contributed by atoms with Gasteiger partial charge in [-0.15, -0.1) is 0 Å². The molecule has 3 rings (SSSR count). The van der Waals surface area contributed by atoms with Gasteiger partial charge in [0, 0.05) is 37.9 Å². The van der Waals surface area contributed by atoms with Crippen LogP contribution >= 0.6 is 0 Å². The molecule has 2 heterocycles. The highest BCUT2D eigenvalue weighted by atomic mass is 16.6. The molecule has 1 aromatic rings. The molecule has 0 atom stereocenters. The molecule has 0 spiro atoms. The number of cyclic esters (lactones) is 1. The predicted molar refractivity (Wildman–Crippen MR) is 87.3 cm³/mol. The Hall–Kier alpha value is -2.83. The smallest absolute Gasteiger partial charge is 0.409 e. The monoisotopic (exact) mass is 329 g/mol. The maximum absolute atomic E-state index is 12.0. The first-order chi connectivity index (χ1) is 11.7. The number of piperazine rings is 1. The topological polar surface area (TPSA) is 71.4 Å². The summed E-state index contributed by atoms with van der Waals surface area (Å²) in [5, 5.41) is 0. The van der Waals surface area contributed by atoms with Gasteiger partial charge in [0.25, 0.3) is 0 Å². The predicted octanol–water partition coefficient (Wildman–Crippen LogP) is 1.61. The average Bonchev–Trinajstić information content (AvgIpc) is 2.97. The summed E-state index contributed by atoms with van der Waals surface area (Å²) in [4.78, 5) is 31.5. The van der Waals surface area contributed by atoms with Crippen molar-refractivity contribution >= 4 is 18.0 Å². The lowest BCUT2D eigenvalue weighted by Gasteiger charge is -2.33. The molecule has 1 fully saturated rings. The molecular weight excluding hydrogens is 310 g/mol. The summed E-state index contributed by atoms with van der Waals surface area (Å²) in [6.07, 6.45) is 1.40. The lowest BCUT2D eigenvalue weighted by molar-refractivity contribution is -0.130. The highest BCUT2D eigenvalue weighted by Gasteiger charge is 2.26. The van der Waals surface area contributed by atoms with Crippen molar-refractivity contribution in [2.75, 3.05) is 32.8 Å². The third kappa shape index (κ3) is 3.56. The summed E-state index contributed by atoms with van der Waals surface area (Å²) in [7, 11) is 0. The number of nitrogens with zero attached hydrogens (tertiary/aromatic N) is 3. The molecule has 1 aromatic carbocycles. The standard InChI is InChI=1S/C17H19N3O4/c1-2-23-17(22)20-10-8-19(9-11-20)12-14-16(21)24-15(18-14)13-6-4-3-5-7-13/h3-7,12H,2,8-11H2,1H3/b14-12-. The first kappa shape index (κ1) is 16.0. The van der Waals surface area contributed by atoms with E-state index in [-0.39, 0.29) is 11.8 Å². The molecule has 0 aliphatic carbocycles. The van der Waals surface area contributed by atoms with Gasteiger partial charge in [-0.1, -0.05) is 18.2 Å². The Balaban J connectivity index is 1.64. The van der Waals surface area contributed by atoms with Crippen LogP contribution in [0.15, 0.2) is 47.2 Å². The molecule has 1 saturated heterocycles. The maximum Gasteiger partial charge on any atom is 0.409 e. The van der Waals surface area contributed by atoms with E-state index in [0.717, 1.165) is 5.56 Å². The number of ether oxygens (including phenoxy) is 2. The third-order valence-electron chi connectivity index (χ3n) is 3.79. The molecule has 7 nitrogen and oxygen atoms in total. The Morgan fingerprint density at radius 3 is 2.62 bits per heavy atom. The minimum absolute atomic E-state index is 0.276. The fourth-order valence-corrected chi connectivity index (χ4v) is 2.53. The van der Waals surface area contributed by atoms with Crippen LogP contribution in [0.1, 0.15) is 12.5 Å². The molecule has 0 bridgehead atoms. The van der Waals surface area contributed by atoms with Crippen LogP contribution in [0.2, 0.25) is 0 Å². The van der Waals surface area contributed by atoms with E-state index >= 15 is 0 Å². The number of hydrogen-bond donors (Lipinski definition) is 0. The minimum Gasteiger partial charge on any atom is -0.450 e. The zero-order valence-electron chi connectivity index (χ0n) is 13.5. The van der Waals surface area contributed by atoms with Crippen molar-refractivity contribution in [3.8, 4) is 0 Å². The molecule has 2 aliphatic rings. The Labute approximate surface area is 140 Å². The normalized spacial score (nSPS) is 19.3. The van der Waals surface area contributed by atoms with Gasteiger partial charge in [-0.25, -0.2) is 14.6 Å². The summed E-state index contributed by atoms with van der Waals surface area (Å²) in [6, 6.07) is 9.30. The second-order valence-electron chi connectivity index (χ2n) is 5.41. The highest BCUT2D eigenvalue weighted by Crippen LogP contribution is 2.17. The molecule has 0 aromatic heterocycles. The summed E-state index contributed by atoms with van der Waals surface area (Å²) < 4.78 is 10.2. The summed E-state index contributed by atoms with van der Waals surface area (Å²) in [6.45, 7) is 4.48. The van der Waals surface area contributed by atoms with Gasteiger partial charge in [-0.05, 0) is 19.1 Å². The second-order valence-corrected chi connectivity index (χ2v) is 5.41. The van der Waals surface area contributed by atoms with Crippen molar-refractivity contribution in [1.82, 2.24) is 9.80 Å². The van der Waals surface area contributed by atoms with Crippen molar-refractivity contribution in [2.24, 2.45) is 4.99 Å². The first-order valence-electron chi connectivity index (χ1n) is 7.91. The van der Waals surface area contributed by atoms with E-state index in [1.807, 2.05) is 35.2 Å². The molecule has 0 unspecified atom stereocenters. The molecule has 0 N–H and O–H groups in total. The molecule has 24 heavy (non-hydrogen) atoms. The molecule has 0 saturated carbocycles. The number of aliphatic imine (C=N–C) groups is 1. The van der Waals surface area contributed by atoms with Crippen molar-refractivity contribution < 1.29 is 19.1 Å². The average molecular weight is 329 g/mol. The van der Waals surface area contributed by atoms with Gasteiger partial charge < -0.3 is 19.3 Å². The van der Waals surface area contributed by atoms with E-state index in [9.17, 15) is 9.59 Å². The van der Waals surface area contributed by atoms with Crippen LogP contribution in [-0.2, 0) is 14.3 Å². The van der Waals surface area contributed by atoms with Gasteiger partial charge in [-0.3, -0.25) is 0 Å². The van der Waals surface area contributed by atoms with Crippen LogP contribution in [0.5, 0.6) is 0 Å². The Morgan fingerprint density at radius 2 is 1.96 bits per heavy atom. The summed E-state index contributed by atoms with van der Waals surface area (Å²) >= 11 is 0. The fraction of sp³-hybridized carbons (Fsp3) is 0.353. The number of amides is 1. The van der Waals surface area contributed by atoms with Gasteiger partial charge in [0.2, 0.25) is 5.90 Å². The Morgan fingerprint density at radius 1 is 1.25 bits per heavy atom. The summed E-state index contributed by atoms with van der Waals surface area (Å²) in [5.41, 5.74) is 1.04. The van der Waals surface area contributed by atoms with E-state index in [1.54, 1.807) is 18.0 Å². The van der Waals surface area contributed by atoms with E-state index in [1.165, 1.54) is 0 Å². The van der Waals surface area contributed by atoms with Crippen LogP contribution < -0.4 is 0 Å². The zero-order chi connectivity index (χ0) is 16.9. The van der Waals surface area contributed by atoms with Crippen LogP contribution in [0.4, 0.5) is 4.79 Å². The first-order valence-corrected chi connectivity index (χ1v) is 7.91. The van der Waals surface area contributed by atoms with Crippen LogP contribution in [0.3, 0.4) is 0 Å². The number of benzene rings is 1. The van der Waals surface area contributed by atoms with Crippen molar-refractivity contribution in [2.45, 2.75) is 6.92 Å². The molecule has 0 radical (unpaired) electrons. The number of carbonyl (C=O) groups is 2. The van der Waals surface area contributed by atoms with Crippen LogP contribution in [-0.4, -0.2) is 60.5 Å². The van der Waals surface area contributed by atoms with Gasteiger partial charge >= 0.3 is 12.1 Å². The highest BCUT2D eigenvalue weighted by molar-refractivity contribution is 6.11. The quantitative estimate of drug-likeness (QED) is 0.622. The number of rotatable bonds is 3. The third-order valence-corrected chi connectivity index (χ3v) is 3.79. The van der Waals surface area contributed by atoms with Gasteiger partial charge in [-0.2, -0.15) is 0 Å². The number of esters is 1. The fourth-order valence-electron chi connectivity index (χ4n) is 2.53. The van der Waals surface area contributed by atoms with Gasteiger partial charge in [0.15, 0.2) is 5.70 Å². The summed E-state index contributed by atoms with van der Waals surface area (Å²) in [5.74, 6) is -0.140. The van der Waals surface area contributed by atoms with Crippen LogP contribution in [0.25, 0.3) is 0 Å². The molecule has 126 valence electrons. The van der Waals surface area contributed by atoms with Crippen molar-refractivity contribution in [3.05, 3.63) is 47.8 Å². The lowest BCUT2D eigenvalue weighted by Crippen LogP contribution is -2.47. The molecular formula is C17H19N3O4. The van der Waals surface area contributed by atoms with Gasteiger partial charge in [0.1, 0.15) is 0 Å². The lowest BCUT2D eigenvalue weighted by atomic mass is 10.2. The van der Waals surface area contributed by atoms with E-state index < -0.39 is 5.97 Å². The number of carbonyl (C=O) groups excluding carboxylic acids is 2. The Bertz CT molecular complexity index is 676. The molecule has 7 heteroatoms. The number of hydrogen-bond acceptors (Lipinski definition) is 6. The van der Waals surface area contributed by atoms with E-state index in [4.69, 9.17) is 9.47 Å². The van der Waals surface area contributed by atoms with Crippen molar-refractivity contribution in [1.29, 1.82) is 0 Å². The molecule has 1 amide bonds. The maximum atomic E-state index is 12.0. The molecule has 2 aliphatic heterocycles. The van der Waals surface area contributed by atoms with E-state index in [2.05, 4.69) is 4.99 Å². The zero-order valence-corrected chi connectivity index (χ0v) is 13.5. The SMILES string of the molecule is CCOC(=O)N1CCN(/C=C2\N=C(c3ccccc3)OC2=O)CC1. The van der Waals surface area contributed by atoms with Crippen LogP contribution in [0, 0.1) is 0 Å². The second kappa shape index (κ2) is 7.16.